The number of aliphatic hydroxyl groups is 1. The summed E-state index contributed by atoms with van der Waals surface area (Å²) in [6, 6.07) is 6.03. The van der Waals surface area contributed by atoms with Gasteiger partial charge in [0.2, 0.25) is 0 Å². The third-order valence-corrected chi connectivity index (χ3v) is 3.18. The van der Waals surface area contributed by atoms with Crippen LogP contribution in [0.3, 0.4) is 0 Å². The molecule has 92 valence electrons. The molecule has 2 aromatic rings. The second-order valence-electron chi connectivity index (χ2n) is 3.34. The fourth-order valence-corrected chi connectivity index (χ4v) is 2.15. The van der Waals surface area contributed by atoms with Crippen LogP contribution in [0, 0.1) is 10.1 Å². The second kappa shape index (κ2) is 5.56. The van der Waals surface area contributed by atoms with E-state index in [1.54, 1.807) is 24.5 Å². The minimum atomic E-state index is -0.493. The number of aliphatic hydroxyl groups excluding tert-OH is 1. The van der Waals surface area contributed by atoms with Crippen LogP contribution in [0.25, 0.3) is 0 Å². The first-order chi connectivity index (χ1) is 8.70. The molecule has 1 heterocycles. The Hall–Kier alpha value is -1.99. The fraction of sp³-hybridized carbons (Fsp3) is 0.0909. The zero-order chi connectivity index (χ0) is 13.0. The van der Waals surface area contributed by atoms with Crippen LogP contribution < -0.4 is 0 Å². The lowest BCUT2D eigenvalue weighted by atomic mass is 10.2. The molecule has 0 saturated carbocycles. The number of hydrogen-bond donors (Lipinski definition) is 1. The van der Waals surface area contributed by atoms with Gasteiger partial charge in [-0.1, -0.05) is 0 Å². The first-order valence-corrected chi connectivity index (χ1v) is 5.85. The molecule has 18 heavy (non-hydrogen) atoms. The van der Waals surface area contributed by atoms with E-state index in [2.05, 4.69) is 9.97 Å². The summed E-state index contributed by atoms with van der Waals surface area (Å²) >= 11 is 1.25. The molecule has 7 heteroatoms. The Kier molecular flexibility index (Phi) is 3.85. The number of benzene rings is 1. The highest BCUT2D eigenvalue weighted by Crippen LogP contribution is 2.30. The van der Waals surface area contributed by atoms with Crippen molar-refractivity contribution in [3.05, 3.63) is 52.3 Å². The molecule has 0 fully saturated rings. The monoisotopic (exact) mass is 263 g/mol. The van der Waals surface area contributed by atoms with E-state index in [-0.39, 0.29) is 12.3 Å². The molecule has 1 aromatic heterocycles. The molecule has 0 amide bonds. The quantitative estimate of drug-likeness (QED) is 0.515. The molecule has 0 aliphatic rings. The number of nitrogens with zero attached hydrogens (tertiary/aromatic N) is 3. The predicted molar refractivity (Wildman–Crippen MR) is 65.2 cm³/mol. The van der Waals surface area contributed by atoms with Gasteiger partial charge >= 0.3 is 0 Å². The molecular weight excluding hydrogens is 254 g/mol. The summed E-state index contributed by atoms with van der Waals surface area (Å²) < 4.78 is 0. The zero-order valence-electron chi connectivity index (χ0n) is 9.18. The van der Waals surface area contributed by atoms with Gasteiger partial charge in [0.1, 0.15) is 0 Å². The molecule has 0 aliphatic carbocycles. The maximum absolute atomic E-state index is 10.6. The van der Waals surface area contributed by atoms with Crippen LogP contribution in [0.4, 0.5) is 5.69 Å². The van der Waals surface area contributed by atoms with Crippen molar-refractivity contribution >= 4 is 17.4 Å². The Bertz CT molecular complexity index is 563. The highest BCUT2D eigenvalue weighted by Gasteiger charge is 2.11. The summed E-state index contributed by atoms with van der Waals surface area (Å²) in [6.45, 7) is -0.267. The molecule has 0 aliphatic heterocycles. The Labute approximate surface area is 107 Å². The number of non-ortho nitro benzene ring substituents is 1. The van der Waals surface area contributed by atoms with Gasteiger partial charge < -0.3 is 5.11 Å². The van der Waals surface area contributed by atoms with Gasteiger partial charge in [-0.3, -0.25) is 10.1 Å². The molecule has 0 unspecified atom stereocenters. The average molecular weight is 263 g/mol. The Morgan fingerprint density at radius 3 is 2.67 bits per heavy atom. The van der Waals surface area contributed by atoms with Crippen molar-refractivity contribution in [3.63, 3.8) is 0 Å². The van der Waals surface area contributed by atoms with Gasteiger partial charge in [-0.05, 0) is 29.5 Å². The molecule has 1 aromatic carbocycles. The SMILES string of the molecule is O=[N+]([O-])c1ccc(Sc2ncccn2)c(CO)c1. The molecule has 0 bridgehead atoms. The summed E-state index contributed by atoms with van der Waals surface area (Å²) in [5.41, 5.74) is 0.444. The van der Waals surface area contributed by atoms with Crippen molar-refractivity contribution in [2.45, 2.75) is 16.7 Å². The molecule has 6 nitrogen and oxygen atoms in total. The highest BCUT2D eigenvalue weighted by molar-refractivity contribution is 7.99. The fourth-order valence-electron chi connectivity index (χ4n) is 1.34. The van der Waals surface area contributed by atoms with Gasteiger partial charge in [0.05, 0.1) is 11.5 Å². The average Bonchev–Trinajstić information content (AvgIpc) is 2.40. The number of hydrogen-bond acceptors (Lipinski definition) is 6. The predicted octanol–water partition coefficient (Wildman–Crippen LogP) is 2.03. The van der Waals surface area contributed by atoms with E-state index in [0.717, 1.165) is 0 Å². The number of rotatable bonds is 4. The van der Waals surface area contributed by atoms with E-state index in [1.165, 1.54) is 23.9 Å². The van der Waals surface area contributed by atoms with E-state index in [0.29, 0.717) is 15.6 Å². The lowest BCUT2D eigenvalue weighted by Gasteiger charge is -2.05. The maximum Gasteiger partial charge on any atom is 0.269 e. The zero-order valence-corrected chi connectivity index (χ0v) is 10.0. The number of nitro groups is 1. The summed E-state index contributed by atoms with van der Waals surface area (Å²) in [6.07, 6.45) is 3.22. The van der Waals surface area contributed by atoms with Crippen molar-refractivity contribution in [3.8, 4) is 0 Å². The first kappa shape index (κ1) is 12.5. The molecule has 0 radical (unpaired) electrons. The van der Waals surface area contributed by atoms with E-state index >= 15 is 0 Å². The van der Waals surface area contributed by atoms with E-state index in [9.17, 15) is 15.2 Å². The van der Waals surface area contributed by atoms with Crippen molar-refractivity contribution in [1.82, 2.24) is 9.97 Å². The minimum Gasteiger partial charge on any atom is -0.392 e. The normalized spacial score (nSPS) is 10.3. The van der Waals surface area contributed by atoms with Crippen LogP contribution in [0.1, 0.15) is 5.56 Å². The van der Waals surface area contributed by atoms with E-state index in [4.69, 9.17) is 0 Å². The molecule has 0 saturated heterocycles. The summed E-state index contributed by atoms with van der Waals surface area (Å²) in [5, 5.41) is 20.4. The van der Waals surface area contributed by atoms with Crippen molar-refractivity contribution < 1.29 is 10.0 Å². The second-order valence-corrected chi connectivity index (χ2v) is 4.35. The molecule has 0 atom stereocenters. The van der Waals surface area contributed by atoms with Crippen molar-refractivity contribution in [1.29, 1.82) is 0 Å². The van der Waals surface area contributed by atoms with Crippen LogP contribution in [-0.4, -0.2) is 20.0 Å². The Morgan fingerprint density at radius 2 is 2.06 bits per heavy atom. The van der Waals surface area contributed by atoms with Gasteiger partial charge in [-0.25, -0.2) is 9.97 Å². The minimum absolute atomic E-state index is 0.0441. The van der Waals surface area contributed by atoms with E-state index < -0.39 is 4.92 Å². The lowest BCUT2D eigenvalue weighted by Crippen LogP contribution is -1.94. The number of nitro benzene ring substituents is 1. The van der Waals surface area contributed by atoms with Gasteiger partial charge in [-0.15, -0.1) is 0 Å². The van der Waals surface area contributed by atoms with Gasteiger partial charge in [-0.2, -0.15) is 0 Å². The van der Waals surface area contributed by atoms with Crippen LogP contribution in [0.5, 0.6) is 0 Å². The van der Waals surface area contributed by atoms with Crippen LogP contribution in [-0.2, 0) is 6.61 Å². The van der Waals surface area contributed by atoms with E-state index in [1.807, 2.05) is 0 Å². The lowest BCUT2D eigenvalue weighted by molar-refractivity contribution is -0.385. The molecule has 1 N–H and O–H groups in total. The summed E-state index contributed by atoms with van der Waals surface area (Å²) in [7, 11) is 0. The maximum atomic E-state index is 10.6. The van der Waals surface area contributed by atoms with Gasteiger partial charge in [0, 0.05) is 29.4 Å². The Morgan fingerprint density at radius 1 is 1.33 bits per heavy atom. The summed E-state index contributed by atoms with van der Waals surface area (Å²) in [5.74, 6) is 0. The van der Waals surface area contributed by atoms with Gasteiger partial charge in [0.15, 0.2) is 5.16 Å². The van der Waals surface area contributed by atoms with Crippen molar-refractivity contribution in [2.75, 3.05) is 0 Å². The topological polar surface area (TPSA) is 89.2 Å². The van der Waals surface area contributed by atoms with Crippen LogP contribution in [0.15, 0.2) is 46.7 Å². The standard InChI is InChI=1S/C11H9N3O3S/c15-7-8-6-9(14(16)17)2-3-10(8)18-11-12-4-1-5-13-11/h1-6,15H,7H2. The molecule has 0 spiro atoms. The van der Waals surface area contributed by atoms with Crippen LogP contribution >= 0.6 is 11.8 Å². The largest absolute Gasteiger partial charge is 0.392 e. The molecular formula is C11H9N3O3S. The smallest absolute Gasteiger partial charge is 0.269 e. The third kappa shape index (κ3) is 2.82. The highest BCUT2D eigenvalue weighted by atomic mass is 32.2. The van der Waals surface area contributed by atoms with Crippen molar-refractivity contribution in [2.24, 2.45) is 0 Å². The summed E-state index contributed by atoms with van der Waals surface area (Å²) in [4.78, 5) is 18.9. The van der Waals surface area contributed by atoms with Crippen LogP contribution in [0.2, 0.25) is 0 Å². The van der Waals surface area contributed by atoms with Gasteiger partial charge in [0.25, 0.3) is 5.69 Å². The number of aromatic nitrogens is 2. The Balaban J connectivity index is 2.31. The first-order valence-electron chi connectivity index (χ1n) is 5.04. The third-order valence-electron chi connectivity index (χ3n) is 2.17. The molecule has 2 rings (SSSR count).